The van der Waals surface area contributed by atoms with Gasteiger partial charge in [-0.25, -0.2) is 0 Å². The van der Waals surface area contributed by atoms with Crippen molar-refractivity contribution in [3.63, 3.8) is 0 Å². The topological polar surface area (TPSA) is 35.2 Å². The number of ether oxygens (including phenoxy) is 1. The lowest BCUT2D eigenvalue weighted by Gasteiger charge is -2.12. The highest BCUT2D eigenvalue weighted by Crippen LogP contribution is 2.31. The standard InChI is InChI=1S/C17H17NOS/c1-19-16-8-9-20-17(16)15(18)11-12-6-7-13-4-2-3-5-14(13)10-12/h2-10,15H,11,18H2,1H3. The number of thiophene rings is 1. The molecular weight excluding hydrogens is 266 g/mol. The van der Waals surface area contributed by atoms with Crippen LogP contribution in [-0.2, 0) is 6.42 Å². The van der Waals surface area contributed by atoms with Gasteiger partial charge in [-0.05, 0) is 34.2 Å². The lowest BCUT2D eigenvalue weighted by molar-refractivity contribution is 0.409. The lowest BCUT2D eigenvalue weighted by Crippen LogP contribution is -2.12. The third-order valence-corrected chi connectivity index (χ3v) is 4.51. The summed E-state index contributed by atoms with van der Waals surface area (Å²) >= 11 is 1.66. The van der Waals surface area contributed by atoms with Crippen molar-refractivity contribution in [3.05, 3.63) is 64.4 Å². The molecule has 0 spiro atoms. The predicted octanol–water partition coefficient (Wildman–Crippen LogP) is 4.15. The third kappa shape index (κ3) is 2.55. The second-order valence-electron chi connectivity index (χ2n) is 4.85. The van der Waals surface area contributed by atoms with E-state index in [1.165, 1.54) is 16.3 Å². The van der Waals surface area contributed by atoms with E-state index in [2.05, 4.69) is 42.5 Å². The van der Waals surface area contributed by atoms with Gasteiger partial charge in [-0.2, -0.15) is 0 Å². The molecule has 2 N–H and O–H groups in total. The number of hydrogen-bond acceptors (Lipinski definition) is 3. The molecule has 0 bridgehead atoms. The molecule has 0 aliphatic carbocycles. The highest BCUT2D eigenvalue weighted by Gasteiger charge is 2.14. The van der Waals surface area contributed by atoms with Gasteiger partial charge in [0.2, 0.25) is 0 Å². The Labute approximate surface area is 122 Å². The molecule has 3 aromatic rings. The number of rotatable bonds is 4. The summed E-state index contributed by atoms with van der Waals surface area (Å²) < 4.78 is 5.34. The minimum Gasteiger partial charge on any atom is -0.496 e. The van der Waals surface area contributed by atoms with Crippen LogP contribution >= 0.6 is 11.3 Å². The zero-order chi connectivity index (χ0) is 13.9. The second kappa shape index (κ2) is 5.65. The van der Waals surface area contributed by atoms with Crippen molar-refractivity contribution in [2.75, 3.05) is 7.11 Å². The van der Waals surface area contributed by atoms with Crippen LogP contribution in [0.1, 0.15) is 16.5 Å². The summed E-state index contributed by atoms with van der Waals surface area (Å²) in [7, 11) is 1.69. The summed E-state index contributed by atoms with van der Waals surface area (Å²) in [6.45, 7) is 0. The van der Waals surface area contributed by atoms with Crippen molar-refractivity contribution in [1.29, 1.82) is 0 Å². The summed E-state index contributed by atoms with van der Waals surface area (Å²) in [6, 6.07) is 16.9. The number of nitrogens with two attached hydrogens (primary N) is 1. The Morgan fingerprint density at radius 3 is 2.70 bits per heavy atom. The maximum atomic E-state index is 6.32. The van der Waals surface area contributed by atoms with Crippen molar-refractivity contribution in [1.82, 2.24) is 0 Å². The van der Waals surface area contributed by atoms with E-state index in [1.807, 2.05) is 11.4 Å². The van der Waals surface area contributed by atoms with Crippen molar-refractivity contribution < 1.29 is 4.74 Å². The molecule has 102 valence electrons. The first-order chi connectivity index (χ1) is 9.78. The minimum absolute atomic E-state index is 0.0221. The van der Waals surface area contributed by atoms with Crippen LogP contribution in [0.15, 0.2) is 53.9 Å². The fourth-order valence-corrected chi connectivity index (χ4v) is 3.32. The second-order valence-corrected chi connectivity index (χ2v) is 5.79. The highest BCUT2D eigenvalue weighted by molar-refractivity contribution is 7.10. The molecule has 0 radical (unpaired) electrons. The van der Waals surface area contributed by atoms with Crippen LogP contribution in [0.3, 0.4) is 0 Å². The third-order valence-electron chi connectivity index (χ3n) is 3.48. The Morgan fingerprint density at radius 1 is 1.10 bits per heavy atom. The molecule has 0 aliphatic heterocycles. The van der Waals surface area contributed by atoms with Crippen LogP contribution in [0.4, 0.5) is 0 Å². The average Bonchev–Trinajstić information content (AvgIpc) is 2.95. The molecule has 2 nitrogen and oxygen atoms in total. The van der Waals surface area contributed by atoms with Gasteiger partial charge in [0.25, 0.3) is 0 Å². The fraction of sp³-hybridized carbons (Fsp3) is 0.176. The van der Waals surface area contributed by atoms with E-state index < -0.39 is 0 Å². The molecule has 1 heterocycles. The zero-order valence-electron chi connectivity index (χ0n) is 11.4. The molecule has 3 heteroatoms. The maximum Gasteiger partial charge on any atom is 0.134 e. The molecule has 1 atom stereocenters. The smallest absolute Gasteiger partial charge is 0.134 e. The quantitative estimate of drug-likeness (QED) is 0.780. The van der Waals surface area contributed by atoms with Gasteiger partial charge in [-0.1, -0.05) is 42.5 Å². The molecule has 1 aromatic heterocycles. The van der Waals surface area contributed by atoms with Gasteiger partial charge < -0.3 is 10.5 Å². The Morgan fingerprint density at radius 2 is 1.90 bits per heavy atom. The Balaban J connectivity index is 1.85. The van der Waals surface area contributed by atoms with E-state index in [-0.39, 0.29) is 6.04 Å². The molecule has 20 heavy (non-hydrogen) atoms. The normalized spacial score (nSPS) is 12.5. The first-order valence-corrected chi connectivity index (χ1v) is 7.50. The summed E-state index contributed by atoms with van der Waals surface area (Å²) in [5, 5.41) is 4.54. The molecule has 0 saturated carbocycles. The largest absolute Gasteiger partial charge is 0.496 e. The van der Waals surface area contributed by atoms with Crippen LogP contribution in [0, 0.1) is 0 Å². The van der Waals surface area contributed by atoms with Gasteiger partial charge in [0.1, 0.15) is 5.75 Å². The maximum absolute atomic E-state index is 6.32. The van der Waals surface area contributed by atoms with Crippen molar-refractivity contribution in [2.45, 2.75) is 12.5 Å². The van der Waals surface area contributed by atoms with Crippen molar-refractivity contribution in [3.8, 4) is 5.75 Å². The van der Waals surface area contributed by atoms with Crippen molar-refractivity contribution >= 4 is 22.1 Å². The number of methoxy groups -OCH3 is 1. The highest BCUT2D eigenvalue weighted by atomic mass is 32.1. The Hall–Kier alpha value is -1.84. The van der Waals surface area contributed by atoms with E-state index in [4.69, 9.17) is 10.5 Å². The monoisotopic (exact) mass is 283 g/mol. The minimum atomic E-state index is -0.0221. The van der Waals surface area contributed by atoms with Gasteiger partial charge in [-0.15, -0.1) is 11.3 Å². The SMILES string of the molecule is COc1ccsc1C(N)Cc1ccc2ccccc2c1. The van der Waals surface area contributed by atoms with Crippen LogP contribution in [0.25, 0.3) is 10.8 Å². The first-order valence-electron chi connectivity index (χ1n) is 6.62. The van der Waals surface area contributed by atoms with Gasteiger partial charge >= 0.3 is 0 Å². The van der Waals surface area contributed by atoms with E-state index in [0.29, 0.717) is 0 Å². The van der Waals surface area contributed by atoms with Crippen LogP contribution < -0.4 is 10.5 Å². The van der Waals surface area contributed by atoms with E-state index >= 15 is 0 Å². The first kappa shape index (κ1) is 13.2. The summed E-state index contributed by atoms with van der Waals surface area (Å²) in [4.78, 5) is 1.11. The van der Waals surface area contributed by atoms with Gasteiger partial charge in [0.05, 0.1) is 12.0 Å². The van der Waals surface area contributed by atoms with Crippen LogP contribution in [0.5, 0.6) is 5.75 Å². The number of fused-ring (bicyclic) bond motifs is 1. The predicted molar refractivity (Wildman–Crippen MR) is 85.5 cm³/mol. The molecule has 0 amide bonds. The van der Waals surface area contributed by atoms with Gasteiger partial charge in [0, 0.05) is 6.04 Å². The van der Waals surface area contributed by atoms with Gasteiger partial charge in [-0.3, -0.25) is 0 Å². The Bertz CT molecular complexity index is 720. The van der Waals surface area contributed by atoms with E-state index in [1.54, 1.807) is 18.4 Å². The fourth-order valence-electron chi connectivity index (χ4n) is 2.46. The molecule has 3 rings (SSSR count). The molecular formula is C17H17NOS. The summed E-state index contributed by atoms with van der Waals surface area (Å²) in [5.74, 6) is 0.892. The van der Waals surface area contributed by atoms with Crippen LogP contribution in [0.2, 0.25) is 0 Å². The number of hydrogen-bond donors (Lipinski definition) is 1. The molecule has 2 aromatic carbocycles. The molecule has 0 saturated heterocycles. The molecule has 1 unspecified atom stereocenters. The average molecular weight is 283 g/mol. The van der Waals surface area contributed by atoms with E-state index in [0.717, 1.165) is 17.0 Å². The molecule has 0 aliphatic rings. The van der Waals surface area contributed by atoms with Crippen molar-refractivity contribution in [2.24, 2.45) is 5.73 Å². The molecule has 0 fully saturated rings. The van der Waals surface area contributed by atoms with E-state index in [9.17, 15) is 0 Å². The van der Waals surface area contributed by atoms with Crippen LogP contribution in [-0.4, -0.2) is 7.11 Å². The summed E-state index contributed by atoms with van der Waals surface area (Å²) in [5.41, 5.74) is 7.58. The Kier molecular flexibility index (Phi) is 3.72. The van der Waals surface area contributed by atoms with Gasteiger partial charge in [0.15, 0.2) is 0 Å². The number of benzene rings is 2. The zero-order valence-corrected chi connectivity index (χ0v) is 12.2. The summed E-state index contributed by atoms with van der Waals surface area (Å²) in [6.07, 6.45) is 0.821. The lowest BCUT2D eigenvalue weighted by atomic mass is 10.0.